The zero-order valence-electron chi connectivity index (χ0n) is 12.0. The topological polar surface area (TPSA) is 64.6 Å². The van der Waals surface area contributed by atoms with Gasteiger partial charge in [0.05, 0.1) is 13.2 Å². The van der Waals surface area contributed by atoms with Crippen LogP contribution in [-0.4, -0.2) is 38.2 Å². The summed E-state index contributed by atoms with van der Waals surface area (Å²) in [7, 11) is 0. The van der Waals surface area contributed by atoms with E-state index in [0.29, 0.717) is 19.8 Å². The van der Waals surface area contributed by atoms with Crippen LogP contribution in [0, 0.1) is 11.3 Å². The number of nitrogens with one attached hydrogen (secondary N) is 1. The average Bonchev–Trinajstić information content (AvgIpc) is 2.23. The molecule has 106 valence electrons. The largest absolute Gasteiger partial charge is 0.465 e. The average molecular weight is 259 g/mol. The lowest BCUT2D eigenvalue weighted by Gasteiger charge is -2.27. The first-order valence-electron chi connectivity index (χ1n) is 6.36. The quantitative estimate of drug-likeness (QED) is 0.426. The number of esters is 1. The number of ether oxygens (including phenoxy) is 2. The molecule has 1 N–H and O–H groups in total. The molecule has 0 rings (SSSR count). The van der Waals surface area contributed by atoms with Gasteiger partial charge in [0.1, 0.15) is 5.92 Å². The molecule has 0 radical (unpaired) electrons. The van der Waals surface area contributed by atoms with Crippen molar-refractivity contribution in [3.8, 4) is 0 Å². The summed E-state index contributed by atoms with van der Waals surface area (Å²) in [6.45, 7) is 10.9. The molecule has 18 heavy (non-hydrogen) atoms. The predicted octanol–water partition coefficient (Wildman–Crippen LogP) is 1.36. The van der Waals surface area contributed by atoms with E-state index in [9.17, 15) is 9.59 Å². The van der Waals surface area contributed by atoms with Gasteiger partial charge in [-0.05, 0) is 19.3 Å². The van der Waals surface area contributed by atoms with Gasteiger partial charge in [-0.3, -0.25) is 9.59 Å². The molecule has 0 aliphatic heterocycles. The van der Waals surface area contributed by atoms with Crippen LogP contribution in [0.3, 0.4) is 0 Å². The second-order valence-electron chi connectivity index (χ2n) is 5.04. The van der Waals surface area contributed by atoms with E-state index in [1.54, 1.807) is 6.92 Å². The molecule has 1 atom stereocenters. The third-order valence-electron chi connectivity index (χ3n) is 2.40. The summed E-state index contributed by atoms with van der Waals surface area (Å²) in [5.41, 5.74) is -0.470. The molecule has 0 aromatic heterocycles. The van der Waals surface area contributed by atoms with Gasteiger partial charge in [0.2, 0.25) is 5.91 Å². The lowest BCUT2D eigenvalue weighted by atomic mass is 9.80. The van der Waals surface area contributed by atoms with Gasteiger partial charge in [0.25, 0.3) is 0 Å². The highest BCUT2D eigenvalue weighted by molar-refractivity contribution is 5.98. The van der Waals surface area contributed by atoms with E-state index in [1.165, 1.54) is 0 Å². The van der Waals surface area contributed by atoms with E-state index in [-0.39, 0.29) is 12.5 Å². The highest BCUT2D eigenvalue weighted by Gasteiger charge is 2.38. The van der Waals surface area contributed by atoms with Crippen LogP contribution >= 0.6 is 0 Å². The molecule has 0 aromatic rings. The molecule has 0 heterocycles. The van der Waals surface area contributed by atoms with Gasteiger partial charge < -0.3 is 14.8 Å². The van der Waals surface area contributed by atoms with Crippen molar-refractivity contribution < 1.29 is 19.1 Å². The third kappa shape index (κ3) is 6.00. The lowest BCUT2D eigenvalue weighted by Crippen LogP contribution is -2.44. The molecule has 0 bridgehead atoms. The molecule has 1 amide bonds. The van der Waals surface area contributed by atoms with Crippen LogP contribution in [0.15, 0.2) is 0 Å². The van der Waals surface area contributed by atoms with Crippen molar-refractivity contribution in [2.75, 3.05) is 26.4 Å². The fourth-order valence-electron chi connectivity index (χ4n) is 1.57. The molecule has 0 saturated carbocycles. The Morgan fingerprint density at radius 3 is 2.22 bits per heavy atom. The summed E-state index contributed by atoms with van der Waals surface area (Å²) in [5, 5.41) is 2.70. The van der Waals surface area contributed by atoms with E-state index >= 15 is 0 Å². The first-order valence-corrected chi connectivity index (χ1v) is 6.36. The van der Waals surface area contributed by atoms with E-state index in [2.05, 4.69) is 5.32 Å². The maximum Gasteiger partial charge on any atom is 0.319 e. The highest BCUT2D eigenvalue weighted by atomic mass is 16.5. The van der Waals surface area contributed by atoms with Gasteiger partial charge in [-0.1, -0.05) is 20.8 Å². The number of hydrogen-bond acceptors (Lipinski definition) is 4. The fourth-order valence-corrected chi connectivity index (χ4v) is 1.57. The SMILES string of the molecule is CCOCCNC(=O)C(C(=O)OCC)C(C)(C)C. The zero-order chi connectivity index (χ0) is 14.2. The highest BCUT2D eigenvalue weighted by Crippen LogP contribution is 2.27. The van der Waals surface area contributed by atoms with Crippen LogP contribution in [0.4, 0.5) is 0 Å². The van der Waals surface area contributed by atoms with Gasteiger partial charge in [-0.2, -0.15) is 0 Å². The Labute approximate surface area is 109 Å². The van der Waals surface area contributed by atoms with Crippen LogP contribution in [0.5, 0.6) is 0 Å². The van der Waals surface area contributed by atoms with Crippen molar-refractivity contribution in [2.24, 2.45) is 11.3 Å². The van der Waals surface area contributed by atoms with Crippen LogP contribution in [0.2, 0.25) is 0 Å². The molecule has 0 saturated heterocycles. The summed E-state index contributed by atoms with van der Waals surface area (Å²) in [6, 6.07) is 0. The van der Waals surface area contributed by atoms with E-state index in [4.69, 9.17) is 9.47 Å². The second kappa shape index (κ2) is 8.08. The van der Waals surface area contributed by atoms with Crippen molar-refractivity contribution >= 4 is 11.9 Å². The smallest absolute Gasteiger partial charge is 0.319 e. The molecule has 0 spiro atoms. The lowest BCUT2D eigenvalue weighted by molar-refractivity contribution is -0.156. The van der Waals surface area contributed by atoms with Crippen molar-refractivity contribution in [3.63, 3.8) is 0 Å². The number of carbonyl (C=O) groups is 2. The monoisotopic (exact) mass is 259 g/mol. The van der Waals surface area contributed by atoms with Gasteiger partial charge in [0, 0.05) is 13.2 Å². The molecule has 0 aliphatic carbocycles. The van der Waals surface area contributed by atoms with Crippen LogP contribution in [-0.2, 0) is 19.1 Å². The maximum absolute atomic E-state index is 12.0. The molecule has 0 aliphatic rings. The van der Waals surface area contributed by atoms with E-state index in [1.807, 2.05) is 27.7 Å². The van der Waals surface area contributed by atoms with Crippen LogP contribution in [0.25, 0.3) is 0 Å². The van der Waals surface area contributed by atoms with Crippen molar-refractivity contribution in [1.29, 1.82) is 0 Å². The van der Waals surface area contributed by atoms with Gasteiger partial charge in [0.15, 0.2) is 0 Å². The van der Waals surface area contributed by atoms with Gasteiger partial charge in [-0.25, -0.2) is 0 Å². The Hall–Kier alpha value is -1.10. The maximum atomic E-state index is 12.0. The Kier molecular flexibility index (Phi) is 7.59. The van der Waals surface area contributed by atoms with E-state index in [0.717, 1.165) is 0 Å². The summed E-state index contributed by atoms with van der Waals surface area (Å²) in [4.78, 5) is 23.8. The summed E-state index contributed by atoms with van der Waals surface area (Å²) < 4.78 is 10.1. The van der Waals surface area contributed by atoms with Crippen molar-refractivity contribution in [2.45, 2.75) is 34.6 Å². The van der Waals surface area contributed by atoms with Gasteiger partial charge in [-0.15, -0.1) is 0 Å². The minimum atomic E-state index is -0.793. The number of carbonyl (C=O) groups excluding carboxylic acids is 2. The Balaban J connectivity index is 4.47. The number of hydrogen-bond donors (Lipinski definition) is 1. The molecule has 0 fully saturated rings. The molecule has 5 nitrogen and oxygen atoms in total. The van der Waals surface area contributed by atoms with Crippen molar-refractivity contribution in [3.05, 3.63) is 0 Å². The first-order chi connectivity index (χ1) is 8.34. The number of amides is 1. The Morgan fingerprint density at radius 1 is 1.17 bits per heavy atom. The molecule has 0 aromatic carbocycles. The zero-order valence-corrected chi connectivity index (χ0v) is 12.0. The van der Waals surface area contributed by atoms with Crippen molar-refractivity contribution in [1.82, 2.24) is 5.32 Å². The molecular formula is C13H25NO4. The minimum absolute atomic E-state index is 0.275. The predicted molar refractivity (Wildman–Crippen MR) is 69.1 cm³/mol. The first kappa shape index (κ1) is 16.9. The minimum Gasteiger partial charge on any atom is -0.465 e. The molecule has 1 unspecified atom stereocenters. The molecular weight excluding hydrogens is 234 g/mol. The summed E-state index contributed by atoms with van der Waals surface area (Å²) in [5.74, 6) is -1.57. The van der Waals surface area contributed by atoms with Crippen LogP contribution < -0.4 is 5.32 Å². The normalized spacial score (nSPS) is 12.9. The summed E-state index contributed by atoms with van der Waals surface area (Å²) >= 11 is 0. The number of rotatable bonds is 7. The Bertz CT molecular complexity index is 271. The summed E-state index contributed by atoms with van der Waals surface area (Å²) in [6.07, 6.45) is 0. The van der Waals surface area contributed by atoms with Crippen LogP contribution in [0.1, 0.15) is 34.6 Å². The standard InChI is InChI=1S/C13H25NO4/c1-6-17-9-8-14-11(15)10(13(3,4)5)12(16)18-7-2/h10H,6-9H2,1-5H3,(H,14,15). The van der Waals surface area contributed by atoms with Gasteiger partial charge >= 0.3 is 5.97 Å². The second-order valence-corrected chi connectivity index (χ2v) is 5.04. The molecule has 5 heteroatoms. The Morgan fingerprint density at radius 2 is 1.78 bits per heavy atom. The van der Waals surface area contributed by atoms with E-state index < -0.39 is 17.3 Å². The fraction of sp³-hybridized carbons (Fsp3) is 0.846. The third-order valence-corrected chi connectivity index (χ3v) is 2.40.